The molecule has 20 heavy (non-hydrogen) atoms. The molecule has 0 spiro atoms. The number of hydrogen-bond acceptors (Lipinski definition) is 2. The third-order valence-corrected chi connectivity index (χ3v) is 3.16. The summed E-state index contributed by atoms with van der Waals surface area (Å²) in [5.41, 5.74) is 7.14. The van der Waals surface area contributed by atoms with Crippen molar-refractivity contribution in [1.82, 2.24) is 0 Å². The first-order chi connectivity index (χ1) is 9.59. The molecule has 0 saturated carbocycles. The van der Waals surface area contributed by atoms with Crippen LogP contribution in [0.1, 0.15) is 5.56 Å². The maximum atomic E-state index is 13.7. The van der Waals surface area contributed by atoms with Gasteiger partial charge in [-0.3, -0.25) is 4.79 Å². The lowest BCUT2D eigenvalue weighted by Crippen LogP contribution is -2.43. The van der Waals surface area contributed by atoms with E-state index in [0.29, 0.717) is 6.42 Å². The molecule has 0 aliphatic carbocycles. The second-order valence-corrected chi connectivity index (χ2v) is 4.64. The number of nitrogens with zero attached hydrogens (tertiary/aromatic N) is 1. The van der Waals surface area contributed by atoms with Crippen molar-refractivity contribution in [2.75, 3.05) is 11.9 Å². The zero-order valence-corrected chi connectivity index (χ0v) is 11.3. The molecule has 0 aromatic heterocycles. The predicted octanol–water partition coefficient (Wildman–Crippen LogP) is 2.36. The summed E-state index contributed by atoms with van der Waals surface area (Å²) in [6, 6.07) is 15.0. The molecule has 0 radical (unpaired) electrons. The molecule has 0 aliphatic heterocycles. The summed E-state index contributed by atoms with van der Waals surface area (Å²) < 4.78 is 13.7. The maximum Gasteiger partial charge on any atom is 0.244 e. The quantitative estimate of drug-likeness (QED) is 0.928. The molecule has 2 N–H and O–H groups in total. The minimum absolute atomic E-state index is 0.237. The molecule has 1 atom stereocenters. The molecule has 0 fully saturated rings. The lowest BCUT2D eigenvalue weighted by molar-refractivity contribution is -0.119. The number of anilines is 1. The van der Waals surface area contributed by atoms with Crippen LogP contribution in [0.25, 0.3) is 0 Å². The van der Waals surface area contributed by atoms with Gasteiger partial charge in [-0.05, 0) is 24.1 Å². The number of carbonyl (C=O) groups is 1. The normalized spacial score (nSPS) is 11.9. The Labute approximate surface area is 117 Å². The van der Waals surface area contributed by atoms with E-state index >= 15 is 0 Å². The van der Waals surface area contributed by atoms with Gasteiger partial charge in [0.05, 0.1) is 11.7 Å². The molecule has 2 aromatic rings. The molecule has 1 amide bonds. The highest BCUT2D eigenvalue weighted by atomic mass is 19.1. The van der Waals surface area contributed by atoms with Gasteiger partial charge in [-0.15, -0.1) is 0 Å². The van der Waals surface area contributed by atoms with Gasteiger partial charge in [0.15, 0.2) is 0 Å². The predicted molar refractivity (Wildman–Crippen MR) is 77.9 cm³/mol. The van der Waals surface area contributed by atoms with Gasteiger partial charge in [0.1, 0.15) is 5.82 Å². The molecule has 0 unspecified atom stereocenters. The summed E-state index contributed by atoms with van der Waals surface area (Å²) >= 11 is 0. The first-order valence-corrected chi connectivity index (χ1v) is 6.41. The monoisotopic (exact) mass is 272 g/mol. The molecule has 0 saturated heterocycles. The fraction of sp³-hybridized carbons (Fsp3) is 0.188. The molecule has 0 aliphatic rings. The van der Waals surface area contributed by atoms with E-state index < -0.39 is 11.9 Å². The number of nitrogens with two attached hydrogens (primary N) is 1. The van der Waals surface area contributed by atoms with E-state index in [9.17, 15) is 9.18 Å². The minimum atomic E-state index is -0.693. The molecule has 104 valence electrons. The van der Waals surface area contributed by atoms with Gasteiger partial charge in [-0.2, -0.15) is 0 Å². The van der Waals surface area contributed by atoms with E-state index in [0.717, 1.165) is 5.56 Å². The average molecular weight is 272 g/mol. The third kappa shape index (κ3) is 3.22. The zero-order valence-electron chi connectivity index (χ0n) is 11.3. The Hall–Kier alpha value is -2.20. The molecule has 2 rings (SSSR count). The highest BCUT2D eigenvalue weighted by Crippen LogP contribution is 2.18. The van der Waals surface area contributed by atoms with Gasteiger partial charge < -0.3 is 10.6 Å². The Morgan fingerprint density at radius 2 is 1.75 bits per heavy atom. The zero-order chi connectivity index (χ0) is 14.5. The number of hydrogen-bond donors (Lipinski definition) is 1. The molecule has 0 bridgehead atoms. The molecular weight excluding hydrogens is 255 g/mol. The number of rotatable bonds is 4. The largest absolute Gasteiger partial charge is 0.320 e. The van der Waals surface area contributed by atoms with E-state index in [4.69, 9.17) is 5.73 Å². The second-order valence-electron chi connectivity index (χ2n) is 4.64. The standard InChI is InChI=1S/C16H17FN2O/c1-19(15-10-6-5-9-13(15)17)16(20)14(18)11-12-7-3-2-4-8-12/h2-10,14H,11,18H2,1H3/t14-/m0/s1. The lowest BCUT2D eigenvalue weighted by atomic mass is 10.1. The molecule has 0 heterocycles. The topological polar surface area (TPSA) is 46.3 Å². The van der Waals surface area contributed by atoms with E-state index in [1.807, 2.05) is 30.3 Å². The van der Waals surface area contributed by atoms with Crippen molar-refractivity contribution >= 4 is 11.6 Å². The summed E-state index contributed by atoms with van der Waals surface area (Å²) in [4.78, 5) is 13.5. The van der Waals surface area contributed by atoms with Crippen LogP contribution in [-0.2, 0) is 11.2 Å². The van der Waals surface area contributed by atoms with Gasteiger partial charge in [-0.1, -0.05) is 42.5 Å². The lowest BCUT2D eigenvalue weighted by Gasteiger charge is -2.22. The molecule has 4 heteroatoms. The first-order valence-electron chi connectivity index (χ1n) is 6.41. The van der Waals surface area contributed by atoms with Crippen LogP contribution in [0.15, 0.2) is 54.6 Å². The van der Waals surface area contributed by atoms with Crippen LogP contribution in [0.2, 0.25) is 0 Å². The fourth-order valence-electron chi connectivity index (χ4n) is 2.05. The number of likely N-dealkylation sites (N-methyl/N-ethyl adjacent to an activating group) is 1. The minimum Gasteiger partial charge on any atom is -0.320 e. The van der Waals surface area contributed by atoms with Crippen LogP contribution in [0.5, 0.6) is 0 Å². The number of amides is 1. The van der Waals surface area contributed by atoms with Crippen molar-refractivity contribution < 1.29 is 9.18 Å². The first kappa shape index (κ1) is 14.2. The number of halogens is 1. The van der Waals surface area contributed by atoms with Gasteiger partial charge in [0.2, 0.25) is 5.91 Å². The van der Waals surface area contributed by atoms with Crippen molar-refractivity contribution in [3.05, 3.63) is 66.0 Å². The summed E-state index contributed by atoms with van der Waals surface area (Å²) in [6.45, 7) is 0. The van der Waals surface area contributed by atoms with E-state index in [-0.39, 0.29) is 11.6 Å². The van der Waals surface area contributed by atoms with Crippen molar-refractivity contribution in [3.8, 4) is 0 Å². The number of para-hydroxylation sites is 1. The van der Waals surface area contributed by atoms with Crippen LogP contribution < -0.4 is 10.6 Å². The smallest absolute Gasteiger partial charge is 0.244 e. The van der Waals surface area contributed by atoms with Crippen LogP contribution in [0, 0.1) is 5.82 Å². The van der Waals surface area contributed by atoms with Crippen LogP contribution in [0.4, 0.5) is 10.1 Å². The van der Waals surface area contributed by atoms with Crippen molar-refractivity contribution in [2.45, 2.75) is 12.5 Å². The summed E-state index contributed by atoms with van der Waals surface area (Å²) in [5.74, 6) is -0.741. The van der Waals surface area contributed by atoms with Gasteiger partial charge in [0, 0.05) is 7.05 Å². The molecule has 2 aromatic carbocycles. The molecular formula is C16H17FN2O. The fourth-order valence-corrected chi connectivity index (χ4v) is 2.05. The average Bonchev–Trinajstić information content (AvgIpc) is 2.47. The highest BCUT2D eigenvalue weighted by molar-refractivity contribution is 5.96. The third-order valence-electron chi connectivity index (χ3n) is 3.16. The SMILES string of the molecule is CN(C(=O)[C@@H](N)Cc1ccccc1)c1ccccc1F. The van der Waals surface area contributed by atoms with Gasteiger partial charge in [-0.25, -0.2) is 4.39 Å². The number of carbonyl (C=O) groups excluding carboxylic acids is 1. The van der Waals surface area contributed by atoms with Crippen molar-refractivity contribution in [1.29, 1.82) is 0 Å². The Morgan fingerprint density at radius 1 is 1.15 bits per heavy atom. The Morgan fingerprint density at radius 3 is 2.40 bits per heavy atom. The van der Waals surface area contributed by atoms with Crippen molar-refractivity contribution in [3.63, 3.8) is 0 Å². The Kier molecular flexibility index (Phi) is 4.48. The van der Waals surface area contributed by atoms with Crippen LogP contribution in [-0.4, -0.2) is 19.0 Å². The summed E-state index contributed by atoms with van der Waals surface area (Å²) in [6.07, 6.45) is 0.429. The summed E-state index contributed by atoms with van der Waals surface area (Å²) in [7, 11) is 1.53. The maximum absolute atomic E-state index is 13.7. The van der Waals surface area contributed by atoms with E-state index in [1.165, 1.54) is 18.0 Å². The van der Waals surface area contributed by atoms with Gasteiger partial charge in [0.25, 0.3) is 0 Å². The summed E-state index contributed by atoms with van der Waals surface area (Å²) in [5, 5.41) is 0. The number of benzene rings is 2. The van der Waals surface area contributed by atoms with Crippen LogP contribution in [0.3, 0.4) is 0 Å². The highest BCUT2D eigenvalue weighted by Gasteiger charge is 2.21. The van der Waals surface area contributed by atoms with E-state index in [2.05, 4.69) is 0 Å². The molecule has 3 nitrogen and oxygen atoms in total. The second kappa shape index (κ2) is 6.30. The van der Waals surface area contributed by atoms with Crippen molar-refractivity contribution in [2.24, 2.45) is 5.73 Å². The Bertz CT molecular complexity index is 586. The van der Waals surface area contributed by atoms with Crippen LogP contribution >= 0.6 is 0 Å². The Balaban J connectivity index is 2.09. The van der Waals surface area contributed by atoms with Gasteiger partial charge >= 0.3 is 0 Å². The van der Waals surface area contributed by atoms with E-state index in [1.54, 1.807) is 18.2 Å².